The van der Waals surface area contributed by atoms with Crippen molar-refractivity contribution in [3.8, 4) is 11.7 Å². The molecule has 0 unspecified atom stereocenters. The number of aromatic nitrogens is 3. The van der Waals surface area contributed by atoms with Crippen molar-refractivity contribution in [2.24, 2.45) is 0 Å². The Morgan fingerprint density at radius 3 is 3.12 bits per heavy atom. The first kappa shape index (κ1) is 10.7. The van der Waals surface area contributed by atoms with E-state index in [1.165, 1.54) is 5.56 Å². The fourth-order valence-corrected chi connectivity index (χ4v) is 2.98. The first-order valence-electron chi connectivity index (χ1n) is 5.62. The van der Waals surface area contributed by atoms with E-state index in [2.05, 4.69) is 17.0 Å². The van der Waals surface area contributed by atoms with E-state index >= 15 is 0 Å². The standard InChI is InChI=1S/C12H13N3OS/c1-2-8-3-4-13-11(5-8)15-12(16)9-6-17-7-10(9)14-15/h3-5,16H,2,6-7H2,1H3. The van der Waals surface area contributed by atoms with Crippen LogP contribution in [0.1, 0.15) is 23.7 Å². The summed E-state index contributed by atoms with van der Waals surface area (Å²) in [4.78, 5) is 4.26. The number of thioether (sulfide) groups is 1. The van der Waals surface area contributed by atoms with Crippen LogP contribution in [0.5, 0.6) is 5.88 Å². The average Bonchev–Trinajstić information content (AvgIpc) is 2.93. The van der Waals surface area contributed by atoms with Crippen LogP contribution >= 0.6 is 11.8 Å². The third-order valence-corrected chi connectivity index (χ3v) is 3.93. The number of rotatable bonds is 2. The molecule has 0 aliphatic carbocycles. The van der Waals surface area contributed by atoms with Crippen LogP contribution in [0.3, 0.4) is 0 Å². The van der Waals surface area contributed by atoms with Crippen molar-refractivity contribution < 1.29 is 5.11 Å². The fraction of sp³-hybridized carbons (Fsp3) is 0.333. The Labute approximate surface area is 104 Å². The highest BCUT2D eigenvalue weighted by atomic mass is 32.2. The quantitative estimate of drug-likeness (QED) is 0.884. The van der Waals surface area contributed by atoms with Gasteiger partial charge in [0.25, 0.3) is 0 Å². The molecule has 0 aromatic carbocycles. The van der Waals surface area contributed by atoms with Crippen LogP contribution in [0.2, 0.25) is 0 Å². The fourth-order valence-electron chi connectivity index (χ4n) is 1.95. The van der Waals surface area contributed by atoms with Crippen molar-refractivity contribution in [2.45, 2.75) is 24.9 Å². The van der Waals surface area contributed by atoms with E-state index < -0.39 is 0 Å². The summed E-state index contributed by atoms with van der Waals surface area (Å²) in [5.74, 6) is 2.66. The van der Waals surface area contributed by atoms with Gasteiger partial charge in [-0.25, -0.2) is 4.98 Å². The summed E-state index contributed by atoms with van der Waals surface area (Å²) in [5, 5.41) is 14.5. The van der Waals surface area contributed by atoms with Crippen LogP contribution in [0.4, 0.5) is 0 Å². The Balaban J connectivity index is 2.09. The van der Waals surface area contributed by atoms with Gasteiger partial charge in [0.15, 0.2) is 5.82 Å². The zero-order valence-electron chi connectivity index (χ0n) is 9.55. The third-order valence-electron chi connectivity index (χ3n) is 2.96. The van der Waals surface area contributed by atoms with Gasteiger partial charge in [0, 0.05) is 23.3 Å². The lowest BCUT2D eigenvalue weighted by molar-refractivity contribution is 0.428. The zero-order chi connectivity index (χ0) is 11.8. The first-order chi connectivity index (χ1) is 8.29. The number of fused-ring (bicyclic) bond motifs is 1. The van der Waals surface area contributed by atoms with Gasteiger partial charge in [0.05, 0.1) is 5.69 Å². The van der Waals surface area contributed by atoms with Crippen LogP contribution in [-0.4, -0.2) is 19.9 Å². The normalized spacial score (nSPS) is 13.9. The van der Waals surface area contributed by atoms with Crippen molar-refractivity contribution >= 4 is 11.8 Å². The molecule has 5 heteroatoms. The molecular formula is C12H13N3OS. The second-order valence-electron chi connectivity index (χ2n) is 4.03. The Morgan fingerprint density at radius 2 is 2.35 bits per heavy atom. The molecule has 1 aliphatic rings. The van der Waals surface area contributed by atoms with Gasteiger partial charge in [-0.1, -0.05) is 6.92 Å². The summed E-state index contributed by atoms with van der Waals surface area (Å²) in [6.07, 6.45) is 2.71. The van der Waals surface area contributed by atoms with E-state index in [0.717, 1.165) is 29.2 Å². The van der Waals surface area contributed by atoms with E-state index in [-0.39, 0.29) is 5.88 Å². The second-order valence-corrected chi connectivity index (χ2v) is 5.01. The monoisotopic (exact) mass is 247 g/mol. The van der Waals surface area contributed by atoms with Crippen LogP contribution < -0.4 is 0 Å². The van der Waals surface area contributed by atoms with Crippen molar-refractivity contribution in [1.82, 2.24) is 14.8 Å². The third kappa shape index (κ3) is 1.70. The number of aryl methyl sites for hydroxylation is 1. The van der Waals surface area contributed by atoms with Gasteiger partial charge in [-0.2, -0.15) is 21.5 Å². The smallest absolute Gasteiger partial charge is 0.220 e. The molecule has 1 aliphatic heterocycles. The molecule has 0 saturated heterocycles. The van der Waals surface area contributed by atoms with E-state index in [0.29, 0.717) is 5.82 Å². The Hall–Kier alpha value is -1.49. The highest BCUT2D eigenvalue weighted by molar-refractivity contribution is 7.98. The van der Waals surface area contributed by atoms with Gasteiger partial charge in [-0.3, -0.25) is 0 Å². The largest absolute Gasteiger partial charge is 0.493 e. The van der Waals surface area contributed by atoms with Crippen molar-refractivity contribution in [2.75, 3.05) is 0 Å². The minimum atomic E-state index is 0.241. The lowest BCUT2D eigenvalue weighted by Crippen LogP contribution is -2.00. The molecule has 0 radical (unpaired) electrons. The molecule has 0 atom stereocenters. The maximum absolute atomic E-state index is 10.1. The minimum Gasteiger partial charge on any atom is -0.493 e. The average molecular weight is 247 g/mol. The lowest BCUT2D eigenvalue weighted by Gasteiger charge is -2.04. The number of nitrogens with zero attached hydrogens (tertiary/aromatic N) is 3. The molecular weight excluding hydrogens is 234 g/mol. The number of hydrogen-bond donors (Lipinski definition) is 1. The van der Waals surface area contributed by atoms with Gasteiger partial charge in [-0.05, 0) is 24.1 Å². The highest BCUT2D eigenvalue weighted by Gasteiger charge is 2.23. The molecule has 88 valence electrons. The Morgan fingerprint density at radius 1 is 1.47 bits per heavy atom. The summed E-state index contributed by atoms with van der Waals surface area (Å²) in [5.41, 5.74) is 3.13. The zero-order valence-corrected chi connectivity index (χ0v) is 10.4. The van der Waals surface area contributed by atoms with Crippen LogP contribution in [0.25, 0.3) is 5.82 Å². The Bertz CT molecular complexity index is 565. The van der Waals surface area contributed by atoms with Gasteiger partial charge in [0.1, 0.15) is 0 Å². The Kier molecular flexibility index (Phi) is 2.55. The molecule has 2 aromatic rings. The van der Waals surface area contributed by atoms with E-state index in [4.69, 9.17) is 0 Å². The summed E-state index contributed by atoms with van der Waals surface area (Å²) in [6, 6.07) is 3.95. The molecule has 3 heterocycles. The molecule has 1 N–H and O–H groups in total. The predicted octanol–water partition coefficient (Wildman–Crippen LogP) is 2.28. The molecule has 0 bridgehead atoms. The number of aromatic hydroxyl groups is 1. The first-order valence-corrected chi connectivity index (χ1v) is 6.78. The second kappa shape index (κ2) is 4.07. The molecule has 4 nitrogen and oxygen atoms in total. The highest BCUT2D eigenvalue weighted by Crippen LogP contribution is 2.36. The maximum Gasteiger partial charge on any atom is 0.220 e. The SMILES string of the molecule is CCc1ccnc(-n2nc3c(c2O)CSC3)c1. The van der Waals surface area contributed by atoms with Gasteiger partial charge in [0.2, 0.25) is 5.88 Å². The van der Waals surface area contributed by atoms with Crippen molar-refractivity contribution in [1.29, 1.82) is 0 Å². The van der Waals surface area contributed by atoms with Crippen molar-refractivity contribution in [3.63, 3.8) is 0 Å². The van der Waals surface area contributed by atoms with Crippen LogP contribution in [-0.2, 0) is 17.9 Å². The van der Waals surface area contributed by atoms with E-state index in [1.54, 1.807) is 22.6 Å². The van der Waals surface area contributed by atoms with Gasteiger partial charge >= 0.3 is 0 Å². The molecule has 0 amide bonds. The molecule has 0 fully saturated rings. The molecule has 0 saturated carbocycles. The van der Waals surface area contributed by atoms with E-state index in [9.17, 15) is 5.11 Å². The van der Waals surface area contributed by atoms with Crippen molar-refractivity contribution in [3.05, 3.63) is 35.2 Å². The van der Waals surface area contributed by atoms with Gasteiger partial charge in [-0.15, -0.1) is 0 Å². The summed E-state index contributed by atoms with van der Waals surface area (Å²) in [7, 11) is 0. The van der Waals surface area contributed by atoms with E-state index in [1.807, 2.05) is 12.1 Å². The summed E-state index contributed by atoms with van der Waals surface area (Å²) >= 11 is 1.78. The topological polar surface area (TPSA) is 50.9 Å². The molecule has 17 heavy (non-hydrogen) atoms. The molecule has 0 spiro atoms. The van der Waals surface area contributed by atoms with Crippen LogP contribution in [0, 0.1) is 0 Å². The molecule has 3 rings (SSSR count). The number of pyridine rings is 1. The predicted molar refractivity (Wildman–Crippen MR) is 67.4 cm³/mol. The minimum absolute atomic E-state index is 0.241. The van der Waals surface area contributed by atoms with Crippen LogP contribution in [0.15, 0.2) is 18.3 Å². The molecule has 2 aromatic heterocycles. The maximum atomic E-state index is 10.1. The van der Waals surface area contributed by atoms with Gasteiger partial charge < -0.3 is 5.11 Å². The summed E-state index contributed by atoms with van der Waals surface area (Å²) in [6.45, 7) is 2.10. The lowest BCUT2D eigenvalue weighted by atomic mass is 10.2. The number of hydrogen-bond acceptors (Lipinski definition) is 4. The summed E-state index contributed by atoms with van der Waals surface area (Å²) < 4.78 is 1.55.